The average Bonchev–Trinajstić information content (AvgIpc) is 2.97. The van der Waals surface area contributed by atoms with Gasteiger partial charge in [0, 0.05) is 12.0 Å². The molecular weight excluding hydrogens is 276 g/mol. The molecule has 2 N–H and O–H groups in total. The van der Waals surface area contributed by atoms with Crippen LogP contribution in [0.1, 0.15) is 56.0 Å². The van der Waals surface area contributed by atoms with E-state index >= 15 is 0 Å². The number of rotatable bonds is 3. The van der Waals surface area contributed by atoms with Crippen molar-refractivity contribution in [3.63, 3.8) is 0 Å². The topological polar surface area (TPSA) is 58.2 Å². The zero-order valence-corrected chi connectivity index (χ0v) is 13.5. The van der Waals surface area contributed by atoms with E-state index in [9.17, 15) is 9.59 Å². The van der Waals surface area contributed by atoms with Crippen LogP contribution in [-0.2, 0) is 10.2 Å². The van der Waals surface area contributed by atoms with E-state index in [1.807, 2.05) is 12.1 Å². The lowest BCUT2D eigenvalue weighted by molar-refractivity contribution is -0.122. The van der Waals surface area contributed by atoms with Crippen molar-refractivity contribution in [1.82, 2.24) is 10.9 Å². The molecule has 0 spiro atoms. The molecule has 1 aliphatic rings. The second kappa shape index (κ2) is 6.77. The van der Waals surface area contributed by atoms with Gasteiger partial charge in [0.15, 0.2) is 0 Å². The van der Waals surface area contributed by atoms with Crippen molar-refractivity contribution >= 4 is 11.8 Å². The smallest absolute Gasteiger partial charge is 0.269 e. The van der Waals surface area contributed by atoms with Crippen LogP contribution in [0.3, 0.4) is 0 Å². The molecule has 0 radical (unpaired) electrons. The van der Waals surface area contributed by atoms with Crippen molar-refractivity contribution in [2.45, 2.75) is 45.4 Å². The molecule has 0 heterocycles. The molecule has 22 heavy (non-hydrogen) atoms. The number of allylic oxidation sites excluding steroid dienone is 2. The summed E-state index contributed by atoms with van der Waals surface area (Å²) in [5.41, 5.74) is 6.71. The van der Waals surface area contributed by atoms with E-state index in [0.29, 0.717) is 17.9 Å². The van der Waals surface area contributed by atoms with Crippen LogP contribution in [0.25, 0.3) is 0 Å². The molecule has 0 bridgehead atoms. The summed E-state index contributed by atoms with van der Waals surface area (Å²) in [6, 6.07) is 7.45. The molecule has 0 saturated carbocycles. The Bertz CT molecular complexity index is 568. The summed E-state index contributed by atoms with van der Waals surface area (Å²) in [5.74, 6) is -0.157. The molecule has 0 unspecified atom stereocenters. The summed E-state index contributed by atoms with van der Waals surface area (Å²) in [6.45, 7) is 6.37. The first-order valence-corrected chi connectivity index (χ1v) is 7.72. The van der Waals surface area contributed by atoms with Gasteiger partial charge in [-0.05, 0) is 41.9 Å². The number of amides is 2. The van der Waals surface area contributed by atoms with Crippen molar-refractivity contribution in [3.05, 3.63) is 47.5 Å². The highest BCUT2D eigenvalue weighted by molar-refractivity contribution is 5.95. The van der Waals surface area contributed by atoms with Gasteiger partial charge in [0.05, 0.1) is 0 Å². The molecule has 2 amide bonds. The molecule has 1 aliphatic carbocycles. The van der Waals surface area contributed by atoms with Crippen molar-refractivity contribution in [2.24, 2.45) is 5.92 Å². The van der Waals surface area contributed by atoms with Crippen LogP contribution in [-0.4, -0.2) is 11.8 Å². The number of benzene rings is 1. The Kier molecular flexibility index (Phi) is 5.01. The third kappa shape index (κ3) is 4.45. The number of carbonyl (C=O) groups excluding carboxylic acids is 2. The first kappa shape index (κ1) is 16.3. The number of hydrogen-bond acceptors (Lipinski definition) is 2. The van der Waals surface area contributed by atoms with Gasteiger partial charge in [-0.25, -0.2) is 0 Å². The minimum atomic E-state index is -0.296. The van der Waals surface area contributed by atoms with Crippen LogP contribution < -0.4 is 10.9 Å². The Morgan fingerprint density at radius 2 is 1.82 bits per heavy atom. The van der Waals surface area contributed by atoms with E-state index < -0.39 is 0 Å². The molecule has 1 aromatic carbocycles. The van der Waals surface area contributed by atoms with Crippen molar-refractivity contribution < 1.29 is 9.59 Å². The van der Waals surface area contributed by atoms with E-state index in [0.717, 1.165) is 12.8 Å². The molecule has 0 aliphatic heterocycles. The van der Waals surface area contributed by atoms with Gasteiger partial charge >= 0.3 is 0 Å². The highest BCUT2D eigenvalue weighted by atomic mass is 16.2. The molecule has 0 saturated heterocycles. The minimum absolute atomic E-state index is 0.0536. The van der Waals surface area contributed by atoms with Crippen molar-refractivity contribution in [3.8, 4) is 0 Å². The fraction of sp³-hybridized carbons (Fsp3) is 0.444. The second-order valence-electron chi connectivity index (χ2n) is 6.80. The van der Waals surface area contributed by atoms with Crippen molar-refractivity contribution in [2.75, 3.05) is 0 Å². The first-order chi connectivity index (χ1) is 10.4. The predicted octanol–water partition coefficient (Wildman–Crippen LogP) is 3.10. The molecule has 0 aromatic heterocycles. The summed E-state index contributed by atoms with van der Waals surface area (Å²) >= 11 is 0. The Labute approximate surface area is 132 Å². The van der Waals surface area contributed by atoms with Gasteiger partial charge in [0.25, 0.3) is 5.91 Å². The molecule has 0 fully saturated rings. The molecule has 118 valence electrons. The lowest BCUT2D eigenvalue weighted by Gasteiger charge is -2.19. The third-order valence-electron chi connectivity index (χ3n) is 3.89. The van der Waals surface area contributed by atoms with Gasteiger partial charge in [0.1, 0.15) is 0 Å². The van der Waals surface area contributed by atoms with Crippen LogP contribution in [0.4, 0.5) is 0 Å². The maximum atomic E-state index is 12.0. The zero-order chi connectivity index (χ0) is 16.2. The van der Waals surface area contributed by atoms with E-state index in [1.54, 1.807) is 12.1 Å². The largest absolute Gasteiger partial charge is 0.273 e. The summed E-state index contributed by atoms with van der Waals surface area (Å²) in [7, 11) is 0. The third-order valence-corrected chi connectivity index (χ3v) is 3.89. The van der Waals surface area contributed by atoms with E-state index in [4.69, 9.17) is 0 Å². The summed E-state index contributed by atoms with van der Waals surface area (Å²) in [6.07, 6.45) is 6.61. The van der Waals surface area contributed by atoms with Gasteiger partial charge < -0.3 is 0 Å². The Morgan fingerprint density at radius 3 is 2.36 bits per heavy atom. The van der Waals surface area contributed by atoms with Crippen LogP contribution in [0.15, 0.2) is 36.4 Å². The van der Waals surface area contributed by atoms with Gasteiger partial charge in [-0.3, -0.25) is 20.4 Å². The van der Waals surface area contributed by atoms with Crippen LogP contribution in [0, 0.1) is 5.92 Å². The van der Waals surface area contributed by atoms with Gasteiger partial charge in [-0.1, -0.05) is 45.1 Å². The fourth-order valence-corrected chi connectivity index (χ4v) is 2.47. The minimum Gasteiger partial charge on any atom is -0.273 e. The highest BCUT2D eigenvalue weighted by Gasteiger charge is 2.16. The second-order valence-corrected chi connectivity index (χ2v) is 6.80. The van der Waals surface area contributed by atoms with E-state index in [-0.39, 0.29) is 17.2 Å². The van der Waals surface area contributed by atoms with E-state index in [2.05, 4.69) is 43.8 Å². The van der Waals surface area contributed by atoms with Crippen molar-refractivity contribution in [1.29, 1.82) is 0 Å². The SMILES string of the molecule is CC(C)(C)c1ccc(C(=O)NNC(=O)C[C@@H]2C=CCC2)cc1. The van der Waals surface area contributed by atoms with Crippen LogP contribution in [0.5, 0.6) is 0 Å². The number of hydrazine groups is 1. The summed E-state index contributed by atoms with van der Waals surface area (Å²) in [4.78, 5) is 23.8. The average molecular weight is 300 g/mol. The molecular formula is C18H24N2O2. The molecule has 4 heteroatoms. The Balaban J connectivity index is 1.84. The normalized spacial score (nSPS) is 17.3. The number of hydrogen-bond donors (Lipinski definition) is 2. The Hall–Kier alpha value is -2.10. The molecule has 1 aromatic rings. The maximum absolute atomic E-state index is 12.0. The van der Waals surface area contributed by atoms with Crippen LogP contribution in [0.2, 0.25) is 0 Å². The van der Waals surface area contributed by atoms with Crippen LogP contribution >= 0.6 is 0 Å². The maximum Gasteiger partial charge on any atom is 0.269 e. The molecule has 4 nitrogen and oxygen atoms in total. The summed E-state index contributed by atoms with van der Waals surface area (Å²) < 4.78 is 0. The quantitative estimate of drug-likeness (QED) is 0.665. The van der Waals surface area contributed by atoms with Gasteiger partial charge in [-0.2, -0.15) is 0 Å². The van der Waals surface area contributed by atoms with E-state index in [1.165, 1.54) is 5.56 Å². The standard InChI is InChI=1S/C18H24N2O2/c1-18(2,3)15-10-8-14(9-11-15)17(22)20-19-16(21)12-13-6-4-5-7-13/h4,6,8-11,13H,5,7,12H2,1-3H3,(H,19,21)(H,20,22)/t13-/m1/s1. The Morgan fingerprint density at radius 1 is 1.14 bits per heavy atom. The van der Waals surface area contributed by atoms with Gasteiger partial charge in [-0.15, -0.1) is 0 Å². The zero-order valence-electron chi connectivity index (χ0n) is 13.5. The first-order valence-electron chi connectivity index (χ1n) is 7.72. The number of carbonyl (C=O) groups is 2. The number of nitrogens with one attached hydrogen (secondary N) is 2. The lowest BCUT2D eigenvalue weighted by Crippen LogP contribution is -2.42. The van der Waals surface area contributed by atoms with Gasteiger partial charge in [0.2, 0.25) is 5.91 Å². The molecule has 2 rings (SSSR count). The fourth-order valence-electron chi connectivity index (χ4n) is 2.47. The summed E-state index contributed by atoms with van der Waals surface area (Å²) in [5, 5.41) is 0. The molecule has 1 atom stereocenters. The predicted molar refractivity (Wildman–Crippen MR) is 87.2 cm³/mol. The lowest BCUT2D eigenvalue weighted by atomic mass is 9.87. The monoisotopic (exact) mass is 300 g/mol. The highest BCUT2D eigenvalue weighted by Crippen LogP contribution is 2.22.